The van der Waals surface area contributed by atoms with Crippen molar-refractivity contribution in [1.29, 1.82) is 0 Å². The molecule has 7 nitrogen and oxygen atoms in total. The summed E-state index contributed by atoms with van der Waals surface area (Å²) in [5.74, 6) is 0.398. The van der Waals surface area contributed by atoms with E-state index in [1.807, 2.05) is 26.0 Å². The maximum atomic E-state index is 12.4. The van der Waals surface area contributed by atoms with Crippen LogP contribution in [-0.2, 0) is 4.79 Å². The fraction of sp³-hybridized carbons (Fsp3) is 0.160. The van der Waals surface area contributed by atoms with Crippen molar-refractivity contribution >= 4 is 34.0 Å². The van der Waals surface area contributed by atoms with Gasteiger partial charge in [-0.05, 0) is 74.0 Å². The minimum absolute atomic E-state index is 0.157. The molecule has 0 aliphatic rings. The number of hydrazone groups is 1. The van der Waals surface area contributed by atoms with Crippen molar-refractivity contribution in [2.45, 2.75) is 13.8 Å². The van der Waals surface area contributed by atoms with E-state index in [2.05, 4.69) is 26.5 Å². The van der Waals surface area contributed by atoms with Crippen molar-refractivity contribution in [1.82, 2.24) is 5.43 Å². The molecule has 0 fully saturated rings. The molecule has 1 amide bonds. The summed E-state index contributed by atoms with van der Waals surface area (Å²) in [5.41, 5.74) is 4.59. The highest BCUT2D eigenvalue weighted by Crippen LogP contribution is 2.29. The van der Waals surface area contributed by atoms with Gasteiger partial charge in [0.25, 0.3) is 5.91 Å². The second-order valence-corrected chi connectivity index (χ2v) is 7.85. The van der Waals surface area contributed by atoms with Gasteiger partial charge in [0.15, 0.2) is 18.1 Å². The highest BCUT2D eigenvalue weighted by atomic mass is 79.9. The maximum Gasteiger partial charge on any atom is 0.343 e. The third-order valence-corrected chi connectivity index (χ3v) is 4.87. The monoisotopic (exact) mass is 510 g/mol. The molecule has 33 heavy (non-hydrogen) atoms. The van der Waals surface area contributed by atoms with Gasteiger partial charge < -0.3 is 14.2 Å². The van der Waals surface area contributed by atoms with Crippen LogP contribution in [0.3, 0.4) is 0 Å². The molecule has 0 heterocycles. The first-order valence-corrected chi connectivity index (χ1v) is 11.0. The van der Waals surface area contributed by atoms with E-state index in [0.717, 1.165) is 10.0 Å². The Bertz CT molecular complexity index is 1130. The summed E-state index contributed by atoms with van der Waals surface area (Å²) in [6.45, 7) is 4.03. The van der Waals surface area contributed by atoms with Crippen LogP contribution >= 0.6 is 15.9 Å². The number of rotatable bonds is 9. The van der Waals surface area contributed by atoms with E-state index in [0.29, 0.717) is 29.2 Å². The van der Waals surface area contributed by atoms with E-state index < -0.39 is 11.9 Å². The van der Waals surface area contributed by atoms with Gasteiger partial charge in [0, 0.05) is 4.47 Å². The number of nitrogens with zero attached hydrogens (tertiary/aromatic N) is 1. The molecule has 1 N–H and O–H groups in total. The van der Waals surface area contributed by atoms with Gasteiger partial charge in [-0.3, -0.25) is 4.79 Å². The molecule has 0 aliphatic carbocycles. The number of carbonyl (C=O) groups is 2. The van der Waals surface area contributed by atoms with Gasteiger partial charge in [-0.15, -0.1) is 0 Å². The number of carbonyl (C=O) groups excluding carboxylic acids is 2. The lowest BCUT2D eigenvalue weighted by Gasteiger charge is -2.11. The molecule has 3 aromatic rings. The first-order valence-electron chi connectivity index (χ1n) is 10.2. The largest absolute Gasteiger partial charge is 0.490 e. The number of benzene rings is 3. The predicted octanol–water partition coefficient (Wildman–Crippen LogP) is 4.90. The van der Waals surface area contributed by atoms with Crippen molar-refractivity contribution in [2.75, 3.05) is 13.2 Å². The number of hydrogen-bond donors (Lipinski definition) is 1. The number of amides is 1. The van der Waals surface area contributed by atoms with Crippen LogP contribution < -0.4 is 19.6 Å². The number of halogens is 1. The molecule has 0 radical (unpaired) electrons. The van der Waals surface area contributed by atoms with Gasteiger partial charge in [0.05, 0.1) is 18.4 Å². The minimum atomic E-state index is -0.495. The highest BCUT2D eigenvalue weighted by Gasteiger charge is 2.13. The zero-order valence-corrected chi connectivity index (χ0v) is 19.8. The van der Waals surface area contributed by atoms with Gasteiger partial charge in [0.1, 0.15) is 5.75 Å². The Labute approximate surface area is 200 Å². The van der Waals surface area contributed by atoms with Crippen molar-refractivity contribution in [3.05, 3.63) is 87.9 Å². The fourth-order valence-electron chi connectivity index (χ4n) is 2.70. The zero-order chi connectivity index (χ0) is 23.6. The van der Waals surface area contributed by atoms with Crippen molar-refractivity contribution < 1.29 is 23.8 Å². The summed E-state index contributed by atoms with van der Waals surface area (Å²) in [6.07, 6.45) is 1.46. The van der Waals surface area contributed by atoms with Crippen molar-refractivity contribution in [3.63, 3.8) is 0 Å². The summed E-state index contributed by atoms with van der Waals surface area (Å²) < 4.78 is 17.4. The van der Waals surface area contributed by atoms with E-state index in [9.17, 15) is 9.59 Å². The van der Waals surface area contributed by atoms with E-state index in [4.69, 9.17) is 14.2 Å². The van der Waals surface area contributed by atoms with Crippen LogP contribution in [0.4, 0.5) is 0 Å². The smallest absolute Gasteiger partial charge is 0.343 e. The molecular weight excluding hydrogens is 488 g/mol. The van der Waals surface area contributed by atoms with Crippen LogP contribution in [0.25, 0.3) is 0 Å². The second kappa shape index (κ2) is 11.8. The standard InChI is InChI=1S/C25H23BrN2O5/c1-3-31-23-14-18(6-13-22(23)33-25(30)19-7-9-20(26)10-8-19)15-27-28-24(29)16-32-21-11-4-17(2)5-12-21/h4-15H,3,16H2,1-2H3,(H,28,29)/b27-15-. The Balaban J connectivity index is 1.58. The average Bonchev–Trinajstić information content (AvgIpc) is 2.81. The molecule has 0 aliphatic heterocycles. The fourth-order valence-corrected chi connectivity index (χ4v) is 2.96. The van der Waals surface area contributed by atoms with E-state index in [-0.39, 0.29) is 12.4 Å². The summed E-state index contributed by atoms with van der Waals surface area (Å²) in [6, 6.07) is 19.3. The quantitative estimate of drug-likeness (QED) is 0.191. The molecule has 0 atom stereocenters. The Kier molecular flexibility index (Phi) is 8.60. The lowest BCUT2D eigenvalue weighted by atomic mass is 10.2. The SMILES string of the molecule is CCOc1cc(/C=N\NC(=O)COc2ccc(C)cc2)ccc1OC(=O)c1ccc(Br)cc1. The third-order valence-electron chi connectivity index (χ3n) is 4.34. The van der Waals surface area contributed by atoms with Crippen LogP contribution in [0.15, 0.2) is 76.3 Å². The number of hydrogen-bond acceptors (Lipinski definition) is 6. The number of aryl methyl sites for hydroxylation is 1. The lowest BCUT2D eigenvalue weighted by Crippen LogP contribution is -2.24. The van der Waals surface area contributed by atoms with Crippen LogP contribution in [0.5, 0.6) is 17.2 Å². The first kappa shape index (κ1) is 24.0. The zero-order valence-electron chi connectivity index (χ0n) is 18.2. The topological polar surface area (TPSA) is 86.2 Å². The Morgan fingerprint density at radius 1 is 0.970 bits per heavy atom. The molecule has 0 unspecified atom stereocenters. The van der Waals surface area contributed by atoms with Gasteiger partial charge in [-0.25, -0.2) is 10.2 Å². The van der Waals surface area contributed by atoms with Gasteiger partial charge in [0.2, 0.25) is 0 Å². The Morgan fingerprint density at radius 3 is 2.39 bits per heavy atom. The second-order valence-electron chi connectivity index (χ2n) is 6.93. The normalized spacial score (nSPS) is 10.6. The molecule has 8 heteroatoms. The number of ether oxygens (including phenoxy) is 3. The van der Waals surface area contributed by atoms with Crippen molar-refractivity contribution in [3.8, 4) is 17.2 Å². The third kappa shape index (κ3) is 7.47. The molecule has 170 valence electrons. The Morgan fingerprint density at radius 2 is 1.70 bits per heavy atom. The first-order chi connectivity index (χ1) is 15.9. The molecule has 3 rings (SSSR count). The van der Waals surface area contributed by atoms with E-state index >= 15 is 0 Å². The molecule has 0 aromatic heterocycles. The summed E-state index contributed by atoms with van der Waals surface area (Å²) in [7, 11) is 0. The highest BCUT2D eigenvalue weighted by molar-refractivity contribution is 9.10. The number of esters is 1. The molecule has 0 spiro atoms. The molecule has 0 bridgehead atoms. The Hall–Kier alpha value is -3.65. The summed E-state index contributed by atoms with van der Waals surface area (Å²) in [5, 5.41) is 3.94. The number of nitrogens with one attached hydrogen (secondary N) is 1. The molecule has 0 saturated heterocycles. The van der Waals surface area contributed by atoms with Crippen molar-refractivity contribution in [2.24, 2.45) is 5.10 Å². The molecular formula is C25H23BrN2O5. The minimum Gasteiger partial charge on any atom is -0.490 e. The molecule has 3 aromatic carbocycles. The van der Waals surface area contributed by atoms with E-state index in [1.165, 1.54) is 6.21 Å². The van der Waals surface area contributed by atoms with Gasteiger partial charge >= 0.3 is 5.97 Å². The maximum absolute atomic E-state index is 12.4. The lowest BCUT2D eigenvalue weighted by molar-refractivity contribution is -0.123. The van der Waals surface area contributed by atoms with Crippen LogP contribution in [0.2, 0.25) is 0 Å². The summed E-state index contributed by atoms with van der Waals surface area (Å²) >= 11 is 3.33. The van der Waals surface area contributed by atoms with Gasteiger partial charge in [-0.2, -0.15) is 5.10 Å². The van der Waals surface area contributed by atoms with Crippen LogP contribution in [0, 0.1) is 6.92 Å². The summed E-state index contributed by atoms with van der Waals surface area (Å²) in [4.78, 5) is 24.4. The predicted molar refractivity (Wildman–Crippen MR) is 129 cm³/mol. The van der Waals surface area contributed by atoms with Gasteiger partial charge in [-0.1, -0.05) is 33.6 Å². The average molecular weight is 511 g/mol. The molecule has 0 saturated carbocycles. The van der Waals surface area contributed by atoms with Crippen LogP contribution in [0.1, 0.15) is 28.4 Å². The van der Waals surface area contributed by atoms with Crippen LogP contribution in [-0.4, -0.2) is 31.3 Å². The van der Waals surface area contributed by atoms with E-state index in [1.54, 1.807) is 54.6 Å².